The highest BCUT2D eigenvalue weighted by Crippen LogP contribution is 2.42. The van der Waals surface area contributed by atoms with Crippen molar-refractivity contribution in [2.45, 2.75) is 0 Å². The van der Waals surface area contributed by atoms with Gasteiger partial charge in [0.1, 0.15) is 11.5 Å². The number of rotatable bonds is 4. The van der Waals surface area contributed by atoms with Crippen molar-refractivity contribution in [2.75, 3.05) is 14.2 Å². The summed E-state index contributed by atoms with van der Waals surface area (Å²) >= 11 is 0. The summed E-state index contributed by atoms with van der Waals surface area (Å²) in [6.07, 6.45) is 0. The molecule has 3 aromatic carbocycles. The minimum absolute atomic E-state index is 0.208. The van der Waals surface area contributed by atoms with Gasteiger partial charge in [0.05, 0.1) is 14.2 Å². The van der Waals surface area contributed by atoms with Crippen LogP contribution in [0.15, 0.2) is 72.8 Å². The zero-order chi connectivity index (χ0) is 19.7. The van der Waals surface area contributed by atoms with Crippen molar-refractivity contribution < 1.29 is 19.1 Å². The molecule has 1 aliphatic carbocycles. The van der Waals surface area contributed by atoms with Gasteiger partial charge in [0.2, 0.25) is 0 Å². The molecule has 0 saturated carbocycles. The monoisotopic (exact) mass is 370 g/mol. The molecule has 28 heavy (non-hydrogen) atoms. The molecule has 0 radical (unpaired) electrons. The second-order valence-electron chi connectivity index (χ2n) is 6.35. The van der Waals surface area contributed by atoms with Gasteiger partial charge in [-0.15, -0.1) is 0 Å². The molecule has 0 spiro atoms. The highest BCUT2D eigenvalue weighted by molar-refractivity contribution is 6.52. The minimum atomic E-state index is -0.208. The molecule has 0 aliphatic heterocycles. The number of benzene rings is 3. The maximum Gasteiger partial charge on any atom is 0.195 e. The number of Topliss-reactive ketones (excluding diaryl/α,β-unsaturated/α-hetero) is 2. The first-order valence-electron chi connectivity index (χ1n) is 8.87. The Bertz CT molecular complexity index is 1040. The van der Waals surface area contributed by atoms with Crippen LogP contribution in [-0.4, -0.2) is 25.8 Å². The second-order valence-corrected chi connectivity index (χ2v) is 6.35. The number of para-hydroxylation sites is 2. The highest BCUT2D eigenvalue weighted by Gasteiger charge is 2.35. The third-order valence-corrected chi connectivity index (χ3v) is 4.87. The lowest BCUT2D eigenvalue weighted by Gasteiger charge is -2.23. The van der Waals surface area contributed by atoms with Crippen LogP contribution in [0.5, 0.6) is 11.5 Å². The summed E-state index contributed by atoms with van der Waals surface area (Å²) in [6, 6.07) is 21.3. The van der Waals surface area contributed by atoms with Gasteiger partial charge in [-0.3, -0.25) is 9.59 Å². The topological polar surface area (TPSA) is 52.6 Å². The lowest BCUT2D eigenvalue weighted by molar-refractivity contribution is 0.101. The molecule has 4 rings (SSSR count). The second kappa shape index (κ2) is 7.16. The molecule has 0 fully saturated rings. The number of hydrogen-bond donors (Lipinski definition) is 0. The largest absolute Gasteiger partial charge is 0.496 e. The van der Waals surface area contributed by atoms with Crippen LogP contribution in [0.1, 0.15) is 31.8 Å². The summed E-state index contributed by atoms with van der Waals surface area (Å²) < 4.78 is 11.0. The van der Waals surface area contributed by atoms with Crippen LogP contribution in [0.3, 0.4) is 0 Å². The van der Waals surface area contributed by atoms with E-state index in [9.17, 15) is 9.59 Å². The van der Waals surface area contributed by atoms with E-state index in [-0.39, 0.29) is 11.6 Å². The number of ketones is 2. The van der Waals surface area contributed by atoms with E-state index in [1.807, 2.05) is 24.3 Å². The quantitative estimate of drug-likeness (QED) is 0.668. The van der Waals surface area contributed by atoms with Crippen LogP contribution < -0.4 is 9.47 Å². The normalized spacial score (nSPS) is 13.4. The Balaban J connectivity index is 2.11. The van der Waals surface area contributed by atoms with Gasteiger partial charge in [-0.25, -0.2) is 0 Å². The average Bonchev–Trinajstić information content (AvgIpc) is 2.76. The summed E-state index contributed by atoms with van der Waals surface area (Å²) in [5, 5.41) is 0. The fourth-order valence-electron chi connectivity index (χ4n) is 3.59. The molecular weight excluding hydrogens is 352 g/mol. The van der Waals surface area contributed by atoms with E-state index in [1.165, 1.54) is 0 Å². The number of allylic oxidation sites excluding steroid dienone is 2. The first-order chi connectivity index (χ1) is 13.7. The van der Waals surface area contributed by atoms with Gasteiger partial charge >= 0.3 is 0 Å². The Morgan fingerprint density at radius 3 is 1.18 bits per heavy atom. The van der Waals surface area contributed by atoms with Gasteiger partial charge in [-0.05, 0) is 12.1 Å². The Kier molecular flexibility index (Phi) is 4.53. The molecule has 4 heteroatoms. The zero-order valence-corrected chi connectivity index (χ0v) is 15.6. The number of carbonyl (C=O) groups is 2. The van der Waals surface area contributed by atoms with Crippen LogP contribution in [0.25, 0.3) is 11.1 Å². The third-order valence-electron chi connectivity index (χ3n) is 4.87. The van der Waals surface area contributed by atoms with E-state index in [0.29, 0.717) is 44.9 Å². The van der Waals surface area contributed by atoms with Crippen LogP contribution in [-0.2, 0) is 0 Å². The molecule has 0 amide bonds. The summed E-state index contributed by atoms with van der Waals surface area (Å²) in [6.45, 7) is 0. The number of carbonyl (C=O) groups excluding carboxylic acids is 2. The van der Waals surface area contributed by atoms with Crippen LogP contribution in [0.4, 0.5) is 0 Å². The molecule has 0 atom stereocenters. The third kappa shape index (κ3) is 2.70. The predicted molar refractivity (Wildman–Crippen MR) is 108 cm³/mol. The zero-order valence-electron chi connectivity index (χ0n) is 15.6. The molecule has 0 aromatic heterocycles. The van der Waals surface area contributed by atoms with Gasteiger partial charge in [0.15, 0.2) is 11.6 Å². The van der Waals surface area contributed by atoms with Crippen molar-refractivity contribution in [3.8, 4) is 11.5 Å². The maximum atomic E-state index is 13.5. The molecule has 0 heterocycles. The van der Waals surface area contributed by atoms with Crippen LogP contribution in [0, 0.1) is 0 Å². The number of fused-ring (bicyclic) bond motifs is 1. The predicted octanol–water partition coefficient (Wildman–Crippen LogP) is 4.69. The summed E-state index contributed by atoms with van der Waals surface area (Å²) in [5.41, 5.74) is 2.60. The van der Waals surface area contributed by atoms with Crippen molar-refractivity contribution in [1.29, 1.82) is 0 Å². The Labute approximate surface area is 163 Å². The molecule has 0 unspecified atom stereocenters. The van der Waals surface area contributed by atoms with Crippen LogP contribution in [0.2, 0.25) is 0 Å². The minimum Gasteiger partial charge on any atom is -0.496 e. The van der Waals surface area contributed by atoms with Crippen molar-refractivity contribution >= 4 is 22.7 Å². The molecule has 0 bridgehead atoms. The lowest BCUT2D eigenvalue weighted by Crippen LogP contribution is -2.21. The standard InChI is InChI=1S/C24H18O4/c1-27-19-13-7-5-11-17(19)21-22(18-12-6-8-14-20(18)28-2)24(26)16-10-4-3-9-15(16)23(21)25/h3-14H,1-2H3. The number of hydrogen-bond acceptors (Lipinski definition) is 4. The van der Waals surface area contributed by atoms with Gasteiger partial charge in [0, 0.05) is 33.4 Å². The average molecular weight is 370 g/mol. The van der Waals surface area contributed by atoms with Gasteiger partial charge < -0.3 is 9.47 Å². The van der Waals surface area contributed by atoms with Gasteiger partial charge in [0.25, 0.3) is 0 Å². The van der Waals surface area contributed by atoms with Gasteiger partial charge in [-0.1, -0.05) is 60.7 Å². The first kappa shape index (κ1) is 17.7. The molecule has 138 valence electrons. The van der Waals surface area contributed by atoms with Gasteiger partial charge in [-0.2, -0.15) is 0 Å². The van der Waals surface area contributed by atoms with Crippen molar-refractivity contribution in [1.82, 2.24) is 0 Å². The van der Waals surface area contributed by atoms with Crippen molar-refractivity contribution in [3.05, 3.63) is 95.1 Å². The van der Waals surface area contributed by atoms with E-state index >= 15 is 0 Å². The molecule has 0 saturated heterocycles. The summed E-state index contributed by atoms with van der Waals surface area (Å²) in [4.78, 5) is 27.0. The fourth-order valence-corrected chi connectivity index (χ4v) is 3.59. The maximum absolute atomic E-state index is 13.5. The van der Waals surface area contributed by atoms with Crippen molar-refractivity contribution in [2.24, 2.45) is 0 Å². The van der Waals surface area contributed by atoms with E-state index in [1.54, 1.807) is 62.8 Å². The van der Waals surface area contributed by atoms with E-state index < -0.39 is 0 Å². The van der Waals surface area contributed by atoms with Crippen LogP contribution >= 0.6 is 0 Å². The van der Waals surface area contributed by atoms with E-state index in [2.05, 4.69) is 0 Å². The lowest BCUT2D eigenvalue weighted by atomic mass is 9.78. The molecule has 3 aromatic rings. The number of methoxy groups -OCH3 is 2. The van der Waals surface area contributed by atoms with E-state index in [0.717, 1.165) is 0 Å². The SMILES string of the molecule is COc1ccccc1C1=C(c2ccccc2OC)C(=O)c2ccccc2C1=O. The van der Waals surface area contributed by atoms with Crippen molar-refractivity contribution in [3.63, 3.8) is 0 Å². The summed E-state index contributed by atoms with van der Waals surface area (Å²) in [5.74, 6) is 0.650. The Morgan fingerprint density at radius 2 is 0.821 bits per heavy atom. The molecule has 0 N–H and O–H groups in total. The first-order valence-corrected chi connectivity index (χ1v) is 8.87. The molecular formula is C24H18O4. The Morgan fingerprint density at radius 1 is 0.500 bits per heavy atom. The number of ether oxygens (including phenoxy) is 2. The molecule has 4 nitrogen and oxygen atoms in total. The Hall–Kier alpha value is -3.66. The summed E-state index contributed by atoms with van der Waals surface area (Å²) in [7, 11) is 3.09. The smallest absolute Gasteiger partial charge is 0.195 e. The molecule has 1 aliphatic rings. The highest BCUT2D eigenvalue weighted by atomic mass is 16.5. The van der Waals surface area contributed by atoms with E-state index in [4.69, 9.17) is 9.47 Å². The fraction of sp³-hybridized carbons (Fsp3) is 0.0833.